The Morgan fingerprint density at radius 1 is 0.864 bits per heavy atom. The molecule has 0 aliphatic heterocycles. The van der Waals surface area contributed by atoms with Gasteiger partial charge in [-0.25, -0.2) is 0 Å². The molecular formula is C19H17NO2. The molecule has 22 heavy (non-hydrogen) atoms. The lowest BCUT2D eigenvalue weighted by atomic mass is 10.0. The van der Waals surface area contributed by atoms with E-state index in [2.05, 4.69) is 0 Å². The standard InChI is InChI=1S/C19H17NO2/c1-20-17(21)13-16(14-9-5-3-6-10-14)19(22-2)18(20)15-11-7-4-8-12-15/h3-13H,1-2H3. The number of rotatable bonds is 3. The number of hydrogen-bond donors (Lipinski definition) is 0. The zero-order valence-electron chi connectivity index (χ0n) is 12.6. The lowest BCUT2D eigenvalue weighted by Gasteiger charge is -2.17. The minimum absolute atomic E-state index is 0.0569. The maximum Gasteiger partial charge on any atom is 0.251 e. The average molecular weight is 291 g/mol. The SMILES string of the molecule is COc1c(-c2ccccc2)cc(=O)n(C)c1-c1ccccc1. The smallest absolute Gasteiger partial charge is 0.251 e. The normalized spacial score (nSPS) is 10.5. The van der Waals surface area contributed by atoms with Crippen LogP contribution in [0.2, 0.25) is 0 Å². The summed E-state index contributed by atoms with van der Waals surface area (Å²) in [6.45, 7) is 0. The van der Waals surface area contributed by atoms with E-state index in [1.807, 2.05) is 60.7 Å². The van der Waals surface area contributed by atoms with Crippen molar-refractivity contribution < 1.29 is 4.74 Å². The van der Waals surface area contributed by atoms with Crippen LogP contribution >= 0.6 is 0 Å². The highest BCUT2D eigenvalue weighted by molar-refractivity contribution is 5.80. The lowest BCUT2D eigenvalue weighted by molar-refractivity contribution is 0.414. The molecule has 0 radical (unpaired) electrons. The number of aromatic nitrogens is 1. The summed E-state index contributed by atoms with van der Waals surface area (Å²) in [6.07, 6.45) is 0. The van der Waals surface area contributed by atoms with Crippen molar-refractivity contribution in [2.24, 2.45) is 7.05 Å². The Balaban J connectivity index is 2.35. The minimum atomic E-state index is -0.0569. The Morgan fingerprint density at radius 3 is 1.95 bits per heavy atom. The van der Waals surface area contributed by atoms with Crippen LogP contribution in [-0.4, -0.2) is 11.7 Å². The molecule has 3 rings (SSSR count). The molecule has 2 aromatic carbocycles. The van der Waals surface area contributed by atoms with Crippen molar-refractivity contribution in [2.45, 2.75) is 0 Å². The third kappa shape index (κ3) is 2.42. The highest BCUT2D eigenvalue weighted by Crippen LogP contribution is 2.37. The van der Waals surface area contributed by atoms with E-state index in [1.54, 1.807) is 24.8 Å². The van der Waals surface area contributed by atoms with Gasteiger partial charge in [-0.3, -0.25) is 4.79 Å². The minimum Gasteiger partial charge on any atom is -0.494 e. The van der Waals surface area contributed by atoms with Crippen LogP contribution in [0.15, 0.2) is 71.5 Å². The molecule has 0 bridgehead atoms. The van der Waals surface area contributed by atoms with Crippen LogP contribution in [0.25, 0.3) is 22.4 Å². The molecule has 1 heterocycles. The Bertz CT molecular complexity index is 837. The number of hydrogen-bond acceptors (Lipinski definition) is 2. The van der Waals surface area contributed by atoms with E-state index in [0.717, 1.165) is 22.4 Å². The Morgan fingerprint density at radius 2 is 1.41 bits per heavy atom. The van der Waals surface area contributed by atoms with Crippen molar-refractivity contribution in [2.75, 3.05) is 7.11 Å². The summed E-state index contributed by atoms with van der Waals surface area (Å²) in [6, 6.07) is 21.3. The number of ether oxygens (including phenoxy) is 1. The second kappa shape index (κ2) is 5.90. The van der Waals surface area contributed by atoms with Crippen molar-refractivity contribution in [1.29, 1.82) is 0 Å². The third-order valence-electron chi connectivity index (χ3n) is 3.73. The van der Waals surface area contributed by atoms with Crippen molar-refractivity contribution >= 4 is 0 Å². The van der Waals surface area contributed by atoms with Gasteiger partial charge in [-0.05, 0) is 5.56 Å². The number of nitrogens with zero attached hydrogens (tertiary/aromatic N) is 1. The summed E-state index contributed by atoms with van der Waals surface area (Å²) in [5.41, 5.74) is 3.46. The largest absolute Gasteiger partial charge is 0.494 e. The molecule has 0 saturated carbocycles. The second-order valence-corrected chi connectivity index (χ2v) is 5.07. The van der Waals surface area contributed by atoms with Gasteiger partial charge >= 0.3 is 0 Å². The van der Waals surface area contributed by atoms with E-state index >= 15 is 0 Å². The highest BCUT2D eigenvalue weighted by atomic mass is 16.5. The van der Waals surface area contributed by atoms with Crippen LogP contribution in [0, 0.1) is 0 Å². The molecule has 3 heteroatoms. The average Bonchev–Trinajstić information content (AvgIpc) is 2.58. The maximum atomic E-state index is 12.4. The molecule has 0 aliphatic rings. The Kier molecular flexibility index (Phi) is 3.79. The van der Waals surface area contributed by atoms with Crippen LogP contribution < -0.4 is 10.3 Å². The first kappa shape index (κ1) is 14.1. The zero-order valence-corrected chi connectivity index (χ0v) is 12.6. The summed E-state index contributed by atoms with van der Waals surface area (Å²) in [4.78, 5) is 12.4. The monoisotopic (exact) mass is 291 g/mol. The summed E-state index contributed by atoms with van der Waals surface area (Å²) >= 11 is 0. The molecule has 0 N–H and O–H groups in total. The van der Waals surface area contributed by atoms with E-state index in [1.165, 1.54) is 0 Å². The fourth-order valence-corrected chi connectivity index (χ4v) is 2.64. The first-order chi connectivity index (χ1) is 10.7. The van der Waals surface area contributed by atoms with Crippen molar-refractivity contribution in [3.05, 3.63) is 77.1 Å². The Labute approximate surface area is 129 Å². The molecule has 3 aromatic rings. The van der Waals surface area contributed by atoms with Crippen LogP contribution in [0.4, 0.5) is 0 Å². The molecular weight excluding hydrogens is 274 g/mol. The quantitative estimate of drug-likeness (QED) is 0.736. The highest BCUT2D eigenvalue weighted by Gasteiger charge is 2.17. The molecule has 0 atom stereocenters. The van der Waals surface area contributed by atoms with Crippen molar-refractivity contribution in [3.63, 3.8) is 0 Å². The van der Waals surface area contributed by atoms with E-state index in [-0.39, 0.29) is 5.56 Å². The fourth-order valence-electron chi connectivity index (χ4n) is 2.64. The predicted molar refractivity (Wildman–Crippen MR) is 89.1 cm³/mol. The molecule has 0 unspecified atom stereocenters. The van der Waals surface area contributed by atoms with Gasteiger partial charge in [0.1, 0.15) is 0 Å². The zero-order chi connectivity index (χ0) is 15.5. The number of methoxy groups -OCH3 is 1. The summed E-state index contributed by atoms with van der Waals surface area (Å²) in [5, 5.41) is 0. The molecule has 0 fully saturated rings. The molecule has 0 spiro atoms. The van der Waals surface area contributed by atoms with Gasteiger partial charge in [0.25, 0.3) is 5.56 Å². The van der Waals surface area contributed by atoms with E-state index in [4.69, 9.17) is 4.74 Å². The second-order valence-electron chi connectivity index (χ2n) is 5.07. The number of benzene rings is 2. The third-order valence-corrected chi connectivity index (χ3v) is 3.73. The first-order valence-corrected chi connectivity index (χ1v) is 7.11. The van der Waals surface area contributed by atoms with E-state index in [0.29, 0.717) is 5.75 Å². The summed E-state index contributed by atoms with van der Waals surface area (Å²) in [7, 11) is 3.40. The predicted octanol–water partition coefficient (Wildman–Crippen LogP) is 3.73. The molecule has 110 valence electrons. The summed E-state index contributed by atoms with van der Waals surface area (Å²) in [5.74, 6) is 0.708. The molecule has 1 aromatic heterocycles. The molecule has 0 aliphatic carbocycles. The van der Waals surface area contributed by atoms with Crippen LogP contribution in [0.5, 0.6) is 5.75 Å². The topological polar surface area (TPSA) is 31.2 Å². The van der Waals surface area contributed by atoms with Crippen LogP contribution in [-0.2, 0) is 7.05 Å². The summed E-state index contributed by atoms with van der Waals surface area (Å²) < 4.78 is 7.29. The van der Waals surface area contributed by atoms with Crippen molar-refractivity contribution in [3.8, 4) is 28.1 Å². The van der Waals surface area contributed by atoms with E-state index < -0.39 is 0 Å². The molecule has 0 saturated heterocycles. The van der Waals surface area contributed by atoms with Gasteiger partial charge in [-0.2, -0.15) is 0 Å². The van der Waals surface area contributed by atoms with Gasteiger partial charge in [0.2, 0.25) is 0 Å². The van der Waals surface area contributed by atoms with E-state index in [9.17, 15) is 4.79 Å². The molecule has 0 amide bonds. The van der Waals surface area contributed by atoms with Gasteiger partial charge in [-0.15, -0.1) is 0 Å². The maximum absolute atomic E-state index is 12.4. The molecule has 3 nitrogen and oxygen atoms in total. The van der Waals surface area contributed by atoms with Gasteiger partial charge in [0.15, 0.2) is 5.75 Å². The van der Waals surface area contributed by atoms with Crippen LogP contribution in [0.1, 0.15) is 0 Å². The van der Waals surface area contributed by atoms with Crippen molar-refractivity contribution in [1.82, 2.24) is 4.57 Å². The number of pyridine rings is 1. The Hall–Kier alpha value is -2.81. The van der Waals surface area contributed by atoms with Gasteiger partial charge in [0.05, 0.1) is 12.8 Å². The fraction of sp³-hybridized carbons (Fsp3) is 0.105. The van der Waals surface area contributed by atoms with Gasteiger partial charge in [0, 0.05) is 24.2 Å². The van der Waals surface area contributed by atoms with Gasteiger partial charge in [-0.1, -0.05) is 60.7 Å². The first-order valence-electron chi connectivity index (χ1n) is 7.11. The van der Waals surface area contributed by atoms with Crippen LogP contribution in [0.3, 0.4) is 0 Å². The lowest BCUT2D eigenvalue weighted by Crippen LogP contribution is -2.19. The van der Waals surface area contributed by atoms with Gasteiger partial charge < -0.3 is 9.30 Å².